The second-order valence-electron chi connectivity index (χ2n) is 2.53. The van der Waals surface area contributed by atoms with Crippen LogP contribution in [0.2, 0.25) is 0 Å². The highest BCUT2D eigenvalue weighted by Gasteiger charge is 2.22. The second-order valence-corrected chi connectivity index (χ2v) is 2.53. The Labute approximate surface area is 78.2 Å². The molecule has 0 fully saturated rings. The molecule has 0 spiro atoms. The number of nitrogens with zero attached hydrogens (tertiary/aromatic N) is 1. The maximum atomic E-state index is 11.2. The third-order valence-electron chi connectivity index (χ3n) is 1.81. The topological polar surface area (TPSA) is 46.6 Å². The number of carbonyl (C=O) groups excluding carboxylic acids is 2. The summed E-state index contributed by atoms with van der Waals surface area (Å²) < 4.78 is 4.52. The molecule has 0 aliphatic heterocycles. The molecule has 0 bridgehead atoms. The first-order valence-corrected chi connectivity index (χ1v) is 4.09. The van der Waals surface area contributed by atoms with Crippen LogP contribution in [0.15, 0.2) is 12.7 Å². The lowest BCUT2D eigenvalue weighted by molar-refractivity contribution is -0.150. The summed E-state index contributed by atoms with van der Waals surface area (Å²) in [6.07, 6.45) is 1.18. The number of amides is 1. The molecule has 1 unspecified atom stereocenters. The Morgan fingerprint density at radius 1 is 1.62 bits per heavy atom. The summed E-state index contributed by atoms with van der Waals surface area (Å²) in [6, 6.07) is -0.555. The molecule has 0 saturated carbocycles. The Bertz CT molecular complexity index is 213. The van der Waals surface area contributed by atoms with Gasteiger partial charge in [-0.15, -0.1) is 0 Å². The number of hydrogen-bond acceptors (Lipinski definition) is 3. The molecule has 4 nitrogen and oxygen atoms in total. The van der Waals surface area contributed by atoms with Crippen LogP contribution in [-0.2, 0) is 14.3 Å². The molecule has 1 atom stereocenters. The van der Waals surface area contributed by atoms with Gasteiger partial charge >= 0.3 is 5.97 Å². The normalized spacial score (nSPS) is 11.6. The number of ether oxygens (including phenoxy) is 1. The minimum atomic E-state index is -0.555. The highest BCUT2D eigenvalue weighted by Crippen LogP contribution is 2.01. The lowest BCUT2D eigenvalue weighted by Crippen LogP contribution is -2.42. The predicted molar refractivity (Wildman–Crippen MR) is 49.1 cm³/mol. The van der Waals surface area contributed by atoms with E-state index in [1.807, 2.05) is 0 Å². The van der Waals surface area contributed by atoms with Gasteiger partial charge in [0.1, 0.15) is 6.04 Å². The third-order valence-corrected chi connectivity index (χ3v) is 1.81. The minimum absolute atomic E-state index is 0.264. The van der Waals surface area contributed by atoms with Crippen LogP contribution < -0.4 is 0 Å². The van der Waals surface area contributed by atoms with Crippen molar-refractivity contribution in [3.63, 3.8) is 0 Å². The van der Waals surface area contributed by atoms with Gasteiger partial charge in [0.25, 0.3) is 0 Å². The molecule has 1 amide bonds. The maximum Gasteiger partial charge on any atom is 0.328 e. The SMILES string of the molecule is C=CC(=O)N(CC)C(C)C(=O)OC. The van der Waals surface area contributed by atoms with Crippen molar-refractivity contribution >= 4 is 11.9 Å². The van der Waals surface area contributed by atoms with E-state index in [1.165, 1.54) is 18.1 Å². The predicted octanol–water partition coefficient (Wildman–Crippen LogP) is 0.582. The lowest BCUT2D eigenvalue weighted by Gasteiger charge is -2.24. The summed E-state index contributed by atoms with van der Waals surface area (Å²) in [7, 11) is 1.30. The summed E-state index contributed by atoms with van der Waals surface area (Å²) in [5, 5.41) is 0. The number of hydrogen-bond donors (Lipinski definition) is 0. The molecule has 0 N–H and O–H groups in total. The van der Waals surface area contributed by atoms with E-state index < -0.39 is 12.0 Å². The molecular formula is C9H15NO3. The first kappa shape index (κ1) is 11.7. The third kappa shape index (κ3) is 2.89. The molecule has 4 heteroatoms. The second kappa shape index (κ2) is 5.35. The van der Waals surface area contributed by atoms with Crippen molar-refractivity contribution in [2.75, 3.05) is 13.7 Å². The fraction of sp³-hybridized carbons (Fsp3) is 0.556. The summed E-state index contributed by atoms with van der Waals surface area (Å²) in [5.74, 6) is -0.683. The first-order chi connectivity index (χ1) is 6.08. The van der Waals surface area contributed by atoms with Crippen molar-refractivity contribution in [1.82, 2.24) is 4.90 Å². The first-order valence-electron chi connectivity index (χ1n) is 4.09. The number of carbonyl (C=O) groups is 2. The molecule has 0 aliphatic carbocycles. The highest BCUT2D eigenvalue weighted by molar-refractivity contribution is 5.90. The van der Waals surface area contributed by atoms with E-state index in [2.05, 4.69) is 11.3 Å². The molecule has 0 aromatic heterocycles. The molecule has 0 aromatic rings. The fourth-order valence-electron chi connectivity index (χ4n) is 1.04. The van der Waals surface area contributed by atoms with Gasteiger partial charge in [0, 0.05) is 6.54 Å². The molecule has 0 saturated heterocycles. The molecule has 0 aliphatic rings. The van der Waals surface area contributed by atoms with Gasteiger partial charge in [-0.05, 0) is 19.9 Å². The van der Waals surface area contributed by atoms with Crippen LogP contribution in [-0.4, -0.2) is 36.5 Å². The smallest absolute Gasteiger partial charge is 0.328 e. The standard InChI is InChI=1S/C9H15NO3/c1-5-8(11)10(6-2)7(3)9(12)13-4/h5,7H,1,6H2,2-4H3. The van der Waals surface area contributed by atoms with Crippen molar-refractivity contribution in [1.29, 1.82) is 0 Å². The molecule has 74 valence electrons. The maximum absolute atomic E-state index is 11.2. The van der Waals surface area contributed by atoms with Gasteiger partial charge in [-0.3, -0.25) is 4.79 Å². The van der Waals surface area contributed by atoms with Gasteiger partial charge in [0.2, 0.25) is 5.91 Å². The van der Waals surface area contributed by atoms with Crippen LogP contribution in [0.3, 0.4) is 0 Å². The van der Waals surface area contributed by atoms with Gasteiger partial charge < -0.3 is 9.64 Å². The van der Waals surface area contributed by atoms with Crippen LogP contribution >= 0.6 is 0 Å². The highest BCUT2D eigenvalue weighted by atomic mass is 16.5. The summed E-state index contributed by atoms with van der Waals surface area (Å²) in [4.78, 5) is 23.7. The number of likely N-dealkylation sites (N-methyl/N-ethyl adjacent to an activating group) is 1. The van der Waals surface area contributed by atoms with Crippen LogP contribution in [0, 0.1) is 0 Å². The summed E-state index contributed by atoms with van der Waals surface area (Å²) in [5.41, 5.74) is 0. The molecule has 0 aromatic carbocycles. The summed E-state index contributed by atoms with van der Waals surface area (Å²) >= 11 is 0. The van der Waals surface area contributed by atoms with E-state index in [0.29, 0.717) is 6.54 Å². The zero-order valence-corrected chi connectivity index (χ0v) is 8.24. The number of esters is 1. The number of rotatable bonds is 4. The Hall–Kier alpha value is -1.32. The van der Waals surface area contributed by atoms with E-state index in [1.54, 1.807) is 13.8 Å². The van der Waals surface area contributed by atoms with Crippen molar-refractivity contribution < 1.29 is 14.3 Å². The average molecular weight is 185 g/mol. The van der Waals surface area contributed by atoms with E-state index in [4.69, 9.17) is 0 Å². The quantitative estimate of drug-likeness (QED) is 0.475. The van der Waals surface area contributed by atoms with Gasteiger partial charge in [-0.2, -0.15) is 0 Å². The van der Waals surface area contributed by atoms with Gasteiger partial charge in [-0.25, -0.2) is 4.79 Å². The average Bonchev–Trinajstić information content (AvgIpc) is 2.17. The molecular weight excluding hydrogens is 170 g/mol. The Morgan fingerprint density at radius 2 is 2.15 bits per heavy atom. The Balaban J connectivity index is 4.48. The Kier molecular flexibility index (Phi) is 4.80. The van der Waals surface area contributed by atoms with Gasteiger partial charge in [0.05, 0.1) is 7.11 Å². The van der Waals surface area contributed by atoms with Crippen molar-refractivity contribution in [2.45, 2.75) is 19.9 Å². The molecule has 0 heterocycles. The van der Waals surface area contributed by atoms with Gasteiger partial charge in [0.15, 0.2) is 0 Å². The van der Waals surface area contributed by atoms with Crippen molar-refractivity contribution in [3.05, 3.63) is 12.7 Å². The van der Waals surface area contributed by atoms with Crippen LogP contribution in [0.5, 0.6) is 0 Å². The monoisotopic (exact) mass is 185 g/mol. The van der Waals surface area contributed by atoms with E-state index in [0.717, 1.165) is 0 Å². The zero-order valence-electron chi connectivity index (χ0n) is 8.24. The zero-order chi connectivity index (χ0) is 10.4. The minimum Gasteiger partial charge on any atom is -0.467 e. The van der Waals surface area contributed by atoms with Crippen LogP contribution in [0.25, 0.3) is 0 Å². The summed E-state index contributed by atoms with van der Waals surface area (Å²) in [6.45, 7) is 7.23. The Morgan fingerprint density at radius 3 is 2.46 bits per heavy atom. The number of methoxy groups -OCH3 is 1. The molecule has 13 heavy (non-hydrogen) atoms. The van der Waals surface area contributed by atoms with Crippen LogP contribution in [0.1, 0.15) is 13.8 Å². The van der Waals surface area contributed by atoms with Crippen LogP contribution in [0.4, 0.5) is 0 Å². The molecule has 0 rings (SSSR count). The van der Waals surface area contributed by atoms with Gasteiger partial charge in [-0.1, -0.05) is 6.58 Å². The lowest BCUT2D eigenvalue weighted by atomic mass is 10.2. The van der Waals surface area contributed by atoms with E-state index >= 15 is 0 Å². The van der Waals surface area contributed by atoms with E-state index in [-0.39, 0.29) is 5.91 Å². The van der Waals surface area contributed by atoms with E-state index in [9.17, 15) is 9.59 Å². The fourth-order valence-corrected chi connectivity index (χ4v) is 1.04. The molecule has 0 radical (unpaired) electrons. The largest absolute Gasteiger partial charge is 0.467 e. The van der Waals surface area contributed by atoms with Crippen molar-refractivity contribution in [3.8, 4) is 0 Å². The van der Waals surface area contributed by atoms with Crippen molar-refractivity contribution in [2.24, 2.45) is 0 Å².